The van der Waals surface area contributed by atoms with Gasteiger partial charge in [0, 0.05) is 29.4 Å². The number of halogens is 1. The highest BCUT2D eigenvalue weighted by Crippen LogP contribution is 2.11. The van der Waals surface area contributed by atoms with Crippen molar-refractivity contribution in [1.29, 1.82) is 0 Å². The smallest absolute Gasteiger partial charge is 0.276 e. The summed E-state index contributed by atoms with van der Waals surface area (Å²) >= 11 is 0. The van der Waals surface area contributed by atoms with Crippen LogP contribution in [0.3, 0.4) is 0 Å². The molecule has 0 fully saturated rings. The Balaban J connectivity index is 2.11. The second-order valence-electron chi connectivity index (χ2n) is 4.92. The van der Waals surface area contributed by atoms with Crippen molar-refractivity contribution in [1.82, 2.24) is 14.6 Å². The van der Waals surface area contributed by atoms with E-state index in [1.54, 1.807) is 12.1 Å². The fourth-order valence-electron chi connectivity index (χ4n) is 2.30. The lowest BCUT2D eigenvalue weighted by Gasteiger charge is -2.05. The van der Waals surface area contributed by atoms with Crippen molar-refractivity contribution in [2.75, 3.05) is 0 Å². The Hall–Kier alpha value is -2.43. The van der Waals surface area contributed by atoms with Crippen LogP contribution >= 0.6 is 0 Å². The second kappa shape index (κ2) is 4.59. The number of nitrogens with zero attached hydrogens (tertiary/aromatic N) is 2. The van der Waals surface area contributed by atoms with Gasteiger partial charge in [0.05, 0.1) is 0 Å². The molecule has 2 aromatic heterocycles. The van der Waals surface area contributed by atoms with Crippen molar-refractivity contribution in [3.63, 3.8) is 0 Å². The minimum absolute atomic E-state index is 0.107. The van der Waals surface area contributed by atoms with Gasteiger partial charge >= 0.3 is 0 Å². The summed E-state index contributed by atoms with van der Waals surface area (Å²) in [6.45, 7) is 3.70. The summed E-state index contributed by atoms with van der Waals surface area (Å²) < 4.78 is 14.4. The zero-order valence-corrected chi connectivity index (χ0v) is 11.3. The summed E-state index contributed by atoms with van der Waals surface area (Å²) in [5, 5.41) is 2.97. The van der Waals surface area contributed by atoms with Crippen LogP contribution in [0.2, 0.25) is 0 Å². The molecule has 4 nitrogen and oxygen atoms in total. The first-order valence-electron chi connectivity index (χ1n) is 6.37. The van der Waals surface area contributed by atoms with Crippen LogP contribution in [-0.4, -0.2) is 14.6 Å². The molecule has 0 atom stereocenters. The van der Waals surface area contributed by atoms with Crippen LogP contribution in [0.4, 0.5) is 4.39 Å². The normalized spacial score (nSPS) is 11.2. The molecule has 0 saturated heterocycles. The van der Waals surface area contributed by atoms with Crippen LogP contribution in [0.1, 0.15) is 22.5 Å². The van der Waals surface area contributed by atoms with E-state index < -0.39 is 0 Å². The van der Waals surface area contributed by atoms with Gasteiger partial charge in [-0.25, -0.2) is 13.9 Å². The number of hydrogen-bond donors (Lipinski definition) is 1. The van der Waals surface area contributed by atoms with Crippen LogP contribution in [0.5, 0.6) is 0 Å². The number of aryl methyl sites for hydroxylation is 2. The van der Waals surface area contributed by atoms with Crippen LogP contribution in [0, 0.1) is 19.7 Å². The number of rotatable bonds is 2. The third kappa shape index (κ3) is 2.11. The van der Waals surface area contributed by atoms with Crippen molar-refractivity contribution in [3.8, 4) is 0 Å². The van der Waals surface area contributed by atoms with Crippen LogP contribution < -0.4 is 5.56 Å². The molecule has 5 heteroatoms. The van der Waals surface area contributed by atoms with E-state index in [0.717, 1.165) is 11.3 Å². The van der Waals surface area contributed by atoms with Crippen LogP contribution in [0.25, 0.3) is 5.65 Å². The topological polar surface area (TPSA) is 50.2 Å². The Morgan fingerprint density at radius 2 is 1.95 bits per heavy atom. The van der Waals surface area contributed by atoms with Gasteiger partial charge in [-0.05, 0) is 31.5 Å². The molecule has 0 aliphatic rings. The molecule has 3 rings (SSSR count). The first kappa shape index (κ1) is 12.6. The fraction of sp³-hybridized carbons (Fsp3) is 0.200. The lowest BCUT2D eigenvalue weighted by atomic mass is 10.1. The third-order valence-electron chi connectivity index (χ3n) is 3.34. The van der Waals surface area contributed by atoms with Gasteiger partial charge in [0.15, 0.2) is 5.65 Å². The summed E-state index contributed by atoms with van der Waals surface area (Å²) in [5.74, 6) is -0.282. The first-order chi connectivity index (χ1) is 9.54. The Labute approximate surface area is 114 Å². The van der Waals surface area contributed by atoms with Crippen molar-refractivity contribution < 1.29 is 4.39 Å². The van der Waals surface area contributed by atoms with Gasteiger partial charge < -0.3 is 0 Å². The van der Waals surface area contributed by atoms with E-state index in [1.807, 2.05) is 19.9 Å². The fourth-order valence-corrected chi connectivity index (χ4v) is 2.30. The van der Waals surface area contributed by atoms with E-state index in [1.165, 1.54) is 16.6 Å². The quantitative estimate of drug-likeness (QED) is 0.778. The lowest BCUT2D eigenvalue weighted by Crippen LogP contribution is -2.22. The molecule has 0 bridgehead atoms. The van der Waals surface area contributed by atoms with E-state index in [4.69, 9.17) is 0 Å². The number of aromatic amines is 1. The van der Waals surface area contributed by atoms with E-state index in [2.05, 4.69) is 10.1 Å². The molecule has 0 aliphatic heterocycles. The molecule has 102 valence electrons. The minimum Gasteiger partial charge on any atom is -0.294 e. The maximum Gasteiger partial charge on any atom is 0.276 e. The molecule has 0 radical (unpaired) electrons. The number of benzene rings is 1. The summed E-state index contributed by atoms with van der Waals surface area (Å²) in [6, 6.07) is 7.99. The first-order valence-corrected chi connectivity index (χ1v) is 6.37. The number of hydrogen-bond acceptors (Lipinski definition) is 2. The summed E-state index contributed by atoms with van der Waals surface area (Å²) in [7, 11) is 0. The molecule has 3 aromatic rings. The van der Waals surface area contributed by atoms with E-state index in [9.17, 15) is 9.18 Å². The van der Waals surface area contributed by atoms with Gasteiger partial charge in [-0.15, -0.1) is 0 Å². The van der Waals surface area contributed by atoms with Gasteiger partial charge in [-0.3, -0.25) is 9.89 Å². The van der Waals surface area contributed by atoms with Crippen molar-refractivity contribution in [2.45, 2.75) is 20.3 Å². The SMILES string of the molecule is Cc1cc2nc(C)c(Cc3ccc(F)cc3)c(=O)n2[nH]1. The lowest BCUT2D eigenvalue weighted by molar-refractivity contribution is 0.627. The van der Waals surface area contributed by atoms with Gasteiger partial charge in [0.25, 0.3) is 5.56 Å². The molecule has 0 amide bonds. The third-order valence-corrected chi connectivity index (χ3v) is 3.34. The molecule has 0 spiro atoms. The summed E-state index contributed by atoms with van der Waals surface area (Å²) in [4.78, 5) is 16.9. The second-order valence-corrected chi connectivity index (χ2v) is 4.92. The monoisotopic (exact) mass is 271 g/mol. The largest absolute Gasteiger partial charge is 0.294 e. The number of fused-ring (bicyclic) bond motifs is 1. The highest BCUT2D eigenvalue weighted by Gasteiger charge is 2.11. The van der Waals surface area contributed by atoms with Gasteiger partial charge in [-0.1, -0.05) is 12.1 Å². The highest BCUT2D eigenvalue weighted by molar-refractivity contribution is 5.42. The number of H-pyrrole nitrogens is 1. The number of nitrogens with one attached hydrogen (secondary N) is 1. The Morgan fingerprint density at radius 3 is 2.65 bits per heavy atom. The van der Waals surface area contributed by atoms with E-state index in [0.29, 0.717) is 23.3 Å². The van der Waals surface area contributed by atoms with Crippen molar-refractivity contribution >= 4 is 5.65 Å². The summed E-state index contributed by atoms with van der Waals surface area (Å²) in [6.07, 6.45) is 0.443. The van der Waals surface area contributed by atoms with Crippen LogP contribution in [0.15, 0.2) is 35.1 Å². The average Bonchev–Trinajstić information content (AvgIpc) is 2.77. The van der Waals surface area contributed by atoms with E-state index in [-0.39, 0.29) is 11.4 Å². The maximum absolute atomic E-state index is 12.9. The standard InChI is InChI=1S/C15H14FN3O/c1-9-7-14-17-10(2)13(15(20)19(14)18-9)8-11-3-5-12(16)6-4-11/h3-7,18H,8H2,1-2H3. The summed E-state index contributed by atoms with van der Waals surface area (Å²) in [5.41, 5.74) is 3.61. The van der Waals surface area contributed by atoms with Gasteiger partial charge in [0.1, 0.15) is 5.82 Å². The highest BCUT2D eigenvalue weighted by atomic mass is 19.1. The molecular formula is C15H14FN3O. The average molecular weight is 271 g/mol. The molecule has 20 heavy (non-hydrogen) atoms. The minimum atomic E-state index is -0.282. The Morgan fingerprint density at radius 1 is 1.25 bits per heavy atom. The van der Waals surface area contributed by atoms with E-state index >= 15 is 0 Å². The molecule has 0 saturated carbocycles. The van der Waals surface area contributed by atoms with Crippen molar-refractivity contribution in [3.05, 3.63) is 69.0 Å². The number of aromatic nitrogens is 3. The predicted octanol–water partition coefficient (Wildman–Crippen LogP) is 2.37. The zero-order chi connectivity index (χ0) is 14.3. The van der Waals surface area contributed by atoms with Crippen LogP contribution in [-0.2, 0) is 6.42 Å². The zero-order valence-electron chi connectivity index (χ0n) is 11.3. The molecule has 2 heterocycles. The molecule has 1 N–H and O–H groups in total. The maximum atomic E-state index is 12.9. The Kier molecular flexibility index (Phi) is 2.89. The molecule has 0 aliphatic carbocycles. The Bertz CT molecular complexity index is 831. The van der Waals surface area contributed by atoms with Gasteiger partial charge in [-0.2, -0.15) is 0 Å². The molecule has 1 aromatic carbocycles. The van der Waals surface area contributed by atoms with Gasteiger partial charge in [0.2, 0.25) is 0 Å². The molecule has 0 unspecified atom stereocenters. The molecular weight excluding hydrogens is 257 g/mol. The predicted molar refractivity (Wildman–Crippen MR) is 74.5 cm³/mol. The van der Waals surface area contributed by atoms with Crippen molar-refractivity contribution in [2.24, 2.45) is 0 Å².